The van der Waals surface area contributed by atoms with Crippen molar-refractivity contribution in [1.82, 2.24) is 4.98 Å². The summed E-state index contributed by atoms with van der Waals surface area (Å²) in [6, 6.07) is 5.80. The zero-order valence-corrected chi connectivity index (χ0v) is 13.0. The maximum atomic E-state index is 12.3. The van der Waals surface area contributed by atoms with E-state index in [9.17, 15) is 4.79 Å². The summed E-state index contributed by atoms with van der Waals surface area (Å²) in [7, 11) is 0. The maximum absolute atomic E-state index is 12.3. The number of nitrogens with zero attached hydrogens (tertiary/aromatic N) is 1. The van der Waals surface area contributed by atoms with Crippen LogP contribution in [0.1, 0.15) is 45.9 Å². The Labute approximate surface area is 124 Å². The fourth-order valence-electron chi connectivity index (χ4n) is 2.10. The van der Waals surface area contributed by atoms with Crippen molar-refractivity contribution in [3.05, 3.63) is 45.3 Å². The van der Waals surface area contributed by atoms with Crippen LogP contribution < -0.4 is 5.32 Å². The molecule has 3 nitrogen and oxygen atoms in total. The van der Waals surface area contributed by atoms with E-state index in [0.717, 1.165) is 29.7 Å². The lowest BCUT2D eigenvalue weighted by molar-refractivity contribution is 0.103. The first-order valence-electron chi connectivity index (χ1n) is 6.99. The summed E-state index contributed by atoms with van der Waals surface area (Å²) < 4.78 is 0. The standard InChI is InChI=1S/C16H20N2OS/c1-4-6-13-12(5-2)10-14(20-13)16(19)18-15-9-11(3)7-8-17-15/h7-10H,4-6H2,1-3H3,(H,17,18,19). The van der Waals surface area contributed by atoms with Crippen LogP contribution in [-0.2, 0) is 12.8 Å². The molecule has 1 amide bonds. The third-order valence-corrected chi connectivity index (χ3v) is 4.37. The summed E-state index contributed by atoms with van der Waals surface area (Å²) in [5.41, 5.74) is 2.38. The number of hydrogen-bond donors (Lipinski definition) is 1. The number of nitrogens with one attached hydrogen (secondary N) is 1. The van der Waals surface area contributed by atoms with Gasteiger partial charge in [0, 0.05) is 11.1 Å². The van der Waals surface area contributed by atoms with Crippen LogP contribution in [0, 0.1) is 6.92 Å². The third kappa shape index (κ3) is 3.45. The van der Waals surface area contributed by atoms with Gasteiger partial charge in [-0.1, -0.05) is 20.3 Å². The van der Waals surface area contributed by atoms with Gasteiger partial charge in [-0.25, -0.2) is 4.98 Å². The second-order valence-corrected chi connectivity index (χ2v) is 5.97. The minimum Gasteiger partial charge on any atom is -0.306 e. The van der Waals surface area contributed by atoms with E-state index >= 15 is 0 Å². The van der Waals surface area contributed by atoms with E-state index in [1.807, 2.05) is 25.1 Å². The number of pyridine rings is 1. The topological polar surface area (TPSA) is 42.0 Å². The van der Waals surface area contributed by atoms with Gasteiger partial charge in [0.25, 0.3) is 5.91 Å². The second kappa shape index (κ2) is 6.66. The largest absolute Gasteiger partial charge is 0.306 e. The zero-order valence-electron chi connectivity index (χ0n) is 12.2. The lowest BCUT2D eigenvalue weighted by Gasteiger charge is -2.02. The van der Waals surface area contributed by atoms with Crippen LogP contribution in [-0.4, -0.2) is 10.9 Å². The number of amides is 1. The van der Waals surface area contributed by atoms with Gasteiger partial charge >= 0.3 is 0 Å². The molecule has 2 heterocycles. The van der Waals surface area contributed by atoms with Crippen LogP contribution in [0.3, 0.4) is 0 Å². The number of aromatic nitrogens is 1. The molecule has 0 radical (unpaired) electrons. The molecule has 0 atom stereocenters. The van der Waals surface area contributed by atoms with Crippen molar-refractivity contribution < 1.29 is 4.79 Å². The molecule has 0 aliphatic rings. The van der Waals surface area contributed by atoms with Crippen molar-refractivity contribution in [3.63, 3.8) is 0 Å². The summed E-state index contributed by atoms with van der Waals surface area (Å²) in [6.07, 6.45) is 4.83. The molecule has 0 bridgehead atoms. The monoisotopic (exact) mass is 288 g/mol. The number of aryl methyl sites for hydroxylation is 3. The van der Waals surface area contributed by atoms with E-state index < -0.39 is 0 Å². The zero-order chi connectivity index (χ0) is 14.5. The highest BCUT2D eigenvalue weighted by Gasteiger charge is 2.14. The summed E-state index contributed by atoms with van der Waals surface area (Å²) >= 11 is 1.60. The average Bonchev–Trinajstić information content (AvgIpc) is 2.82. The second-order valence-electron chi connectivity index (χ2n) is 4.84. The smallest absolute Gasteiger partial charge is 0.266 e. The molecule has 0 aliphatic carbocycles. The highest BCUT2D eigenvalue weighted by Crippen LogP contribution is 2.25. The van der Waals surface area contributed by atoms with Crippen LogP contribution in [0.4, 0.5) is 5.82 Å². The first-order valence-corrected chi connectivity index (χ1v) is 7.81. The maximum Gasteiger partial charge on any atom is 0.266 e. The Hall–Kier alpha value is -1.68. The van der Waals surface area contributed by atoms with Gasteiger partial charge in [0.1, 0.15) is 5.82 Å². The number of thiophene rings is 1. The quantitative estimate of drug-likeness (QED) is 0.895. The lowest BCUT2D eigenvalue weighted by Crippen LogP contribution is -2.11. The van der Waals surface area contributed by atoms with Gasteiger partial charge in [0.2, 0.25) is 0 Å². The molecule has 20 heavy (non-hydrogen) atoms. The molecule has 2 aromatic rings. The van der Waals surface area contributed by atoms with E-state index in [-0.39, 0.29) is 5.91 Å². The van der Waals surface area contributed by atoms with Crippen molar-refractivity contribution in [2.45, 2.75) is 40.0 Å². The Kier molecular flexibility index (Phi) is 4.90. The lowest BCUT2D eigenvalue weighted by atomic mass is 10.1. The number of hydrogen-bond acceptors (Lipinski definition) is 3. The van der Waals surface area contributed by atoms with E-state index in [0.29, 0.717) is 5.82 Å². The number of carbonyl (C=O) groups excluding carboxylic acids is 1. The summed E-state index contributed by atoms with van der Waals surface area (Å²) in [5, 5.41) is 2.87. The van der Waals surface area contributed by atoms with Crippen LogP contribution in [0.2, 0.25) is 0 Å². The predicted molar refractivity (Wildman–Crippen MR) is 84.6 cm³/mol. The highest BCUT2D eigenvalue weighted by molar-refractivity contribution is 7.14. The van der Waals surface area contributed by atoms with Gasteiger partial charge in [-0.15, -0.1) is 11.3 Å². The highest BCUT2D eigenvalue weighted by atomic mass is 32.1. The molecule has 2 aromatic heterocycles. The van der Waals surface area contributed by atoms with Gasteiger partial charge in [0.05, 0.1) is 4.88 Å². The third-order valence-electron chi connectivity index (χ3n) is 3.14. The van der Waals surface area contributed by atoms with Crippen molar-refractivity contribution in [3.8, 4) is 0 Å². The molecule has 4 heteroatoms. The van der Waals surface area contributed by atoms with Gasteiger partial charge < -0.3 is 5.32 Å². The molecular formula is C16H20N2OS. The Bertz CT molecular complexity index is 604. The summed E-state index contributed by atoms with van der Waals surface area (Å²) in [5.74, 6) is 0.545. The van der Waals surface area contributed by atoms with Gasteiger partial charge in [0.15, 0.2) is 0 Å². The molecule has 0 saturated carbocycles. The van der Waals surface area contributed by atoms with E-state index in [1.54, 1.807) is 17.5 Å². The van der Waals surface area contributed by atoms with E-state index in [1.165, 1.54) is 10.4 Å². The minimum atomic E-state index is -0.0647. The predicted octanol–water partition coefficient (Wildman–Crippen LogP) is 4.22. The summed E-state index contributed by atoms with van der Waals surface area (Å²) in [6.45, 7) is 6.28. The van der Waals surface area contributed by atoms with Crippen LogP contribution in [0.15, 0.2) is 24.4 Å². The normalized spacial score (nSPS) is 10.6. The Morgan fingerprint density at radius 2 is 2.15 bits per heavy atom. The number of carbonyl (C=O) groups is 1. The average molecular weight is 288 g/mol. The number of anilines is 1. The minimum absolute atomic E-state index is 0.0647. The molecule has 0 fully saturated rings. The Morgan fingerprint density at radius 1 is 1.35 bits per heavy atom. The SMILES string of the molecule is CCCc1sc(C(=O)Nc2cc(C)ccn2)cc1CC. The Morgan fingerprint density at radius 3 is 2.80 bits per heavy atom. The summed E-state index contributed by atoms with van der Waals surface area (Å²) in [4.78, 5) is 18.5. The molecule has 0 saturated heterocycles. The first-order chi connectivity index (χ1) is 9.63. The molecule has 2 rings (SSSR count). The van der Waals surface area contributed by atoms with E-state index in [2.05, 4.69) is 24.1 Å². The molecule has 0 spiro atoms. The van der Waals surface area contributed by atoms with Crippen molar-refractivity contribution in [1.29, 1.82) is 0 Å². The molecule has 0 aromatic carbocycles. The molecular weight excluding hydrogens is 268 g/mol. The Balaban J connectivity index is 2.16. The van der Waals surface area contributed by atoms with Gasteiger partial charge in [-0.05, 0) is 49.1 Å². The van der Waals surface area contributed by atoms with E-state index in [4.69, 9.17) is 0 Å². The van der Waals surface area contributed by atoms with Crippen molar-refractivity contribution in [2.24, 2.45) is 0 Å². The molecule has 0 unspecified atom stereocenters. The van der Waals surface area contributed by atoms with Crippen LogP contribution >= 0.6 is 11.3 Å². The van der Waals surface area contributed by atoms with Crippen molar-refractivity contribution >= 4 is 23.1 Å². The number of rotatable bonds is 5. The van der Waals surface area contributed by atoms with Crippen LogP contribution in [0.25, 0.3) is 0 Å². The first kappa shape index (κ1) is 14.7. The van der Waals surface area contributed by atoms with Crippen LogP contribution in [0.5, 0.6) is 0 Å². The molecule has 0 aliphatic heterocycles. The fraction of sp³-hybridized carbons (Fsp3) is 0.375. The van der Waals surface area contributed by atoms with Crippen molar-refractivity contribution in [2.75, 3.05) is 5.32 Å². The molecule has 1 N–H and O–H groups in total. The fourth-order valence-corrected chi connectivity index (χ4v) is 3.35. The van der Waals surface area contributed by atoms with Gasteiger partial charge in [-0.2, -0.15) is 0 Å². The molecule has 106 valence electrons. The van der Waals surface area contributed by atoms with Gasteiger partial charge in [-0.3, -0.25) is 4.79 Å².